The molecule has 0 radical (unpaired) electrons. The lowest BCUT2D eigenvalue weighted by Crippen LogP contribution is -2.60. The summed E-state index contributed by atoms with van der Waals surface area (Å²) in [5.41, 5.74) is -2.45. The molecular weight excluding hydrogens is 864 g/mol. The lowest BCUT2D eigenvalue weighted by molar-refractivity contribution is 0.332. The summed E-state index contributed by atoms with van der Waals surface area (Å²) in [5.74, 6) is 0. The summed E-state index contributed by atoms with van der Waals surface area (Å²) in [6, 6.07) is -0.552. The van der Waals surface area contributed by atoms with Gasteiger partial charge in [-0.1, -0.05) is 186 Å². The van der Waals surface area contributed by atoms with Crippen LogP contribution in [0.1, 0.15) is 205 Å². The van der Waals surface area contributed by atoms with Gasteiger partial charge in [0.2, 0.25) is 0 Å². The van der Waals surface area contributed by atoms with Crippen LogP contribution in [0.15, 0.2) is 109 Å². The molecule has 0 atom stereocenters. The number of benzene rings is 6. The van der Waals surface area contributed by atoms with Crippen LogP contribution in [0.5, 0.6) is 0 Å². The van der Waals surface area contributed by atoms with E-state index in [4.69, 9.17) is 0 Å². The van der Waals surface area contributed by atoms with Crippen molar-refractivity contribution in [2.45, 2.75) is 182 Å². The molecule has 3 heterocycles. The molecule has 3 aliphatic rings. The Kier molecular flexibility index (Phi) is 7.37. The molecule has 1 aliphatic carbocycles. The summed E-state index contributed by atoms with van der Waals surface area (Å²) in [6.07, 6.45) is 1.37. The van der Waals surface area contributed by atoms with Crippen LogP contribution in [-0.2, 0) is 37.9 Å². The van der Waals surface area contributed by atoms with Crippen molar-refractivity contribution in [3.63, 3.8) is 0 Å². The number of thiophene rings is 1. The fourth-order valence-corrected chi connectivity index (χ4v) is 11.3. The van der Waals surface area contributed by atoms with Gasteiger partial charge in [-0.05, 0) is 161 Å². The molecule has 0 spiro atoms. The zero-order chi connectivity index (χ0) is 64.6. The third kappa shape index (κ3) is 7.98. The molecule has 0 unspecified atom stereocenters. The zero-order valence-electron chi connectivity index (χ0n) is 60.9. The van der Waals surface area contributed by atoms with E-state index in [1.54, 1.807) is 46.4 Å². The average Bonchev–Trinajstić information content (AvgIpc) is 1.15. The van der Waals surface area contributed by atoms with E-state index in [1.165, 1.54) is 4.90 Å². The van der Waals surface area contributed by atoms with Crippen molar-refractivity contribution < 1.29 is 21.9 Å². The predicted octanol–water partition coefficient (Wildman–Crippen LogP) is 17.5. The number of hydrogen-bond donors (Lipinski definition) is 0. The molecular formula is C66H79BN2S. The van der Waals surface area contributed by atoms with Crippen molar-refractivity contribution in [2.24, 2.45) is 0 Å². The monoisotopic (exact) mass is 959 g/mol. The largest absolute Gasteiger partial charge is 0.311 e. The van der Waals surface area contributed by atoms with Crippen LogP contribution < -0.4 is 25.5 Å². The Morgan fingerprint density at radius 3 is 1.57 bits per heavy atom. The number of anilines is 6. The standard InChI is InChI=1S/C66H79BN2S/c1-60(2,3)41-22-20-40(21-23-41)47-34-42(61(4,5)6)24-29-52(47)69-53-30-25-44(63(10,11)12)36-51(53)67-57-54(37-45(38-55(57)69)64(13,14)15)68(46-27-28-49-50(39-46)66(18,19)33-32-65(49,16)17)58-48-35-43(62(7,8)9)26-31-56(48)70-59(58)67/h20-31,34-39H,32-33H2,1-19H3/i20D,21D,22D,23D,24D,25D,26D,27D,28D,29D,30D,31D,34D,35D,36D,39D. The van der Waals surface area contributed by atoms with Crippen LogP contribution in [0.4, 0.5) is 34.1 Å². The minimum atomic E-state index is -1.11. The first-order valence-electron chi connectivity index (χ1n) is 33.0. The van der Waals surface area contributed by atoms with Gasteiger partial charge in [-0.2, -0.15) is 0 Å². The smallest absolute Gasteiger partial charge is 0.264 e. The predicted molar refractivity (Wildman–Crippen MR) is 310 cm³/mol. The van der Waals surface area contributed by atoms with Crippen molar-refractivity contribution >= 4 is 78.0 Å². The molecule has 4 heteroatoms. The van der Waals surface area contributed by atoms with E-state index in [-0.39, 0.29) is 145 Å². The zero-order valence-corrected chi connectivity index (χ0v) is 45.8. The molecule has 70 heavy (non-hydrogen) atoms. The second kappa shape index (κ2) is 15.7. The third-order valence-electron chi connectivity index (χ3n) is 14.7. The molecule has 1 aromatic heterocycles. The van der Waals surface area contributed by atoms with Crippen LogP contribution in [0.3, 0.4) is 0 Å². The van der Waals surface area contributed by atoms with E-state index < -0.39 is 62.7 Å². The molecule has 7 aromatic rings. The van der Waals surface area contributed by atoms with E-state index in [0.717, 1.165) is 11.3 Å². The van der Waals surface area contributed by atoms with Crippen molar-refractivity contribution in [3.8, 4) is 11.1 Å². The maximum atomic E-state index is 10.7. The molecule has 0 fully saturated rings. The summed E-state index contributed by atoms with van der Waals surface area (Å²) >= 11 is 1.14. The first-order valence-corrected chi connectivity index (χ1v) is 25.8. The molecule has 0 saturated carbocycles. The van der Waals surface area contributed by atoms with Crippen molar-refractivity contribution in [1.29, 1.82) is 0 Å². The second-order valence-electron chi connectivity index (χ2n) is 26.5. The molecule has 362 valence electrons. The highest BCUT2D eigenvalue weighted by Gasteiger charge is 2.47. The summed E-state index contributed by atoms with van der Waals surface area (Å²) < 4.78 is 163. The highest BCUT2D eigenvalue weighted by Crippen LogP contribution is 2.54. The van der Waals surface area contributed by atoms with Gasteiger partial charge in [-0.3, -0.25) is 0 Å². The Morgan fingerprint density at radius 1 is 0.486 bits per heavy atom. The fourth-order valence-electron chi connectivity index (χ4n) is 10.1. The Balaban J connectivity index is 1.55. The number of nitrogens with zero attached hydrogens (tertiary/aromatic N) is 2. The van der Waals surface area contributed by atoms with Crippen LogP contribution in [0.25, 0.3) is 21.2 Å². The molecule has 0 saturated heterocycles. The normalized spacial score (nSPS) is 19.7. The molecule has 0 bridgehead atoms. The van der Waals surface area contributed by atoms with E-state index >= 15 is 0 Å². The lowest BCUT2D eigenvalue weighted by Gasteiger charge is -2.46. The minimum Gasteiger partial charge on any atom is -0.311 e. The van der Waals surface area contributed by atoms with E-state index in [0.29, 0.717) is 56.7 Å². The van der Waals surface area contributed by atoms with Gasteiger partial charge in [-0.25, -0.2) is 0 Å². The molecule has 10 rings (SSSR count). The number of fused-ring (bicyclic) bond motifs is 7. The van der Waals surface area contributed by atoms with Crippen molar-refractivity contribution in [2.75, 3.05) is 9.80 Å². The van der Waals surface area contributed by atoms with Crippen LogP contribution in [0.2, 0.25) is 0 Å². The molecule has 6 aromatic carbocycles. The van der Waals surface area contributed by atoms with Gasteiger partial charge in [0.25, 0.3) is 6.71 Å². The van der Waals surface area contributed by atoms with Crippen molar-refractivity contribution in [1.82, 2.24) is 0 Å². The summed E-state index contributed by atoms with van der Waals surface area (Å²) in [7, 11) is 0. The van der Waals surface area contributed by atoms with Gasteiger partial charge < -0.3 is 9.80 Å². The van der Waals surface area contributed by atoms with Gasteiger partial charge in [0, 0.05) is 43.2 Å². The van der Waals surface area contributed by atoms with E-state index in [9.17, 15) is 21.9 Å². The third-order valence-corrected chi connectivity index (χ3v) is 15.9. The second-order valence-corrected chi connectivity index (χ2v) is 27.6. The van der Waals surface area contributed by atoms with E-state index in [1.807, 2.05) is 88.3 Å². The van der Waals surface area contributed by atoms with Crippen LogP contribution >= 0.6 is 11.3 Å². The molecule has 2 aliphatic heterocycles. The van der Waals surface area contributed by atoms with Gasteiger partial charge in [-0.15, -0.1) is 11.3 Å². The molecule has 0 amide bonds. The summed E-state index contributed by atoms with van der Waals surface area (Å²) in [5, 5.41) is 0.273. The number of rotatable bonds is 3. The SMILES string of the molecule is [2H]c1c([2H])c(C(C)(C)C)c([2H])c([2H])c1-c1c([2H])c(C(C)(C)C)c([2H])c([2H])c1N1c2cc(C(C)(C)C)cc3c2B(c2sc4c([2H])c([2H])c(C(C)(C)C)c([2H])c4c2N3c2c([2H])c([2H])c3c(c2[2H])C(C)(C)CCC3(C)C)c2c([2H])c(C(C)(C)C)c([2H])c([2H])c21. The quantitative estimate of drug-likeness (QED) is 0.163. The maximum Gasteiger partial charge on any atom is 0.264 e. The highest BCUT2D eigenvalue weighted by molar-refractivity contribution is 7.33. The van der Waals surface area contributed by atoms with Gasteiger partial charge in [0.15, 0.2) is 0 Å². The Bertz CT molecular complexity index is 4150. The van der Waals surface area contributed by atoms with Gasteiger partial charge in [0.1, 0.15) is 0 Å². The fraction of sp³-hybridized carbons (Fsp3) is 0.424. The van der Waals surface area contributed by atoms with Crippen molar-refractivity contribution in [3.05, 3.63) is 148 Å². The Hall–Kier alpha value is -5.06. The van der Waals surface area contributed by atoms with Crippen LogP contribution in [-0.4, -0.2) is 6.71 Å². The average molecular weight is 959 g/mol. The lowest BCUT2D eigenvalue weighted by atomic mass is 9.36. The van der Waals surface area contributed by atoms with Gasteiger partial charge >= 0.3 is 0 Å². The highest BCUT2D eigenvalue weighted by atomic mass is 32.1. The molecule has 0 N–H and O–H groups in total. The summed E-state index contributed by atoms with van der Waals surface area (Å²) in [6.45, 7) is 35.0. The maximum absolute atomic E-state index is 10.7. The van der Waals surface area contributed by atoms with E-state index in [2.05, 4.69) is 13.8 Å². The number of hydrogen-bond acceptors (Lipinski definition) is 3. The first-order chi connectivity index (χ1) is 39.1. The summed E-state index contributed by atoms with van der Waals surface area (Å²) in [4.78, 5) is 3.32. The topological polar surface area (TPSA) is 6.48 Å². The van der Waals surface area contributed by atoms with Gasteiger partial charge in [0.05, 0.1) is 33.3 Å². The first kappa shape index (κ1) is 32.8. The molecule has 2 nitrogen and oxygen atoms in total. The Morgan fingerprint density at radius 2 is 0.986 bits per heavy atom. The Labute approximate surface area is 449 Å². The minimum absolute atomic E-state index is 0.00646. The van der Waals surface area contributed by atoms with Crippen LogP contribution in [0, 0.1) is 0 Å².